The lowest BCUT2D eigenvalue weighted by molar-refractivity contribution is 0.0910. The largest absolute Gasteiger partial charge is 0.393 e. The van der Waals surface area contributed by atoms with Crippen LogP contribution in [0.2, 0.25) is 0 Å². The molecule has 4 heteroatoms. The Morgan fingerprint density at radius 3 is 2.37 bits per heavy atom. The first-order valence-electron chi connectivity index (χ1n) is 6.85. The molecular formula is C15H18N2O2. The number of hydrogen-bond acceptors (Lipinski definition) is 4. The van der Waals surface area contributed by atoms with E-state index in [0.717, 1.165) is 29.6 Å². The van der Waals surface area contributed by atoms with Crippen molar-refractivity contribution in [3.63, 3.8) is 0 Å². The van der Waals surface area contributed by atoms with E-state index in [9.17, 15) is 10.2 Å². The molecule has 19 heavy (non-hydrogen) atoms. The van der Waals surface area contributed by atoms with E-state index in [1.807, 2.05) is 24.3 Å². The Kier molecular flexibility index (Phi) is 3.44. The van der Waals surface area contributed by atoms with E-state index in [-0.39, 0.29) is 6.61 Å². The number of benzene rings is 1. The molecule has 2 N–H and O–H groups in total. The van der Waals surface area contributed by atoms with Crippen LogP contribution >= 0.6 is 0 Å². The van der Waals surface area contributed by atoms with Crippen molar-refractivity contribution in [3.05, 3.63) is 35.7 Å². The molecule has 0 saturated heterocycles. The van der Waals surface area contributed by atoms with Gasteiger partial charge in [-0.1, -0.05) is 25.0 Å². The van der Waals surface area contributed by atoms with Crippen LogP contribution in [0.15, 0.2) is 24.3 Å². The van der Waals surface area contributed by atoms with Gasteiger partial charge >= 0.3 is 0 Å². The second kappa shape index (κ2) is 5.23. The van der Waals surface area contributed by atoms with Crippen LogP contribution in [0.4, 0.5) is 0 Å². The highest BCUT2D eigenvalue weighted by Crippen LogP contribution is 2.36. The molecule has 0 spiro atoms. The minimum Gasteiger partial charge on any atom is -0.393 e. The highest BCUT2D eigenvalue weighted by molar-refractivity contribution is 5.74. The summed E-state index contributed by atoms with van der Waals surface area (Å²) in [4.78, 5) is 9.21. The Morgan fingerprint density at radius 2 is 1.74 bits per heavy atom. The average molecular weight is 258 g/mol. The highest BCUT2D eigenvalue weighted by atomic mass is 16.3. The maximum absolute atomic E-state index is 9.98. The molecule has 1 unspecified atom stereocenters. The van der Waals surface area contributed by atoms with Crippen LogP contribution in [0.25, 0.3) is 11.0 Å². The van der Waals surface area contributed by atoms with Gasteiger partial charge in [0, 0.05) is 5.92 Å². The fourth-order valence-corrected chi connectivity index (χ4v) is 2.86. The Labute approximate surface area is 112 Å². The van der Waals surface area contributed by atoms with E-state index < -0.39 is 6.10 Å². The zero-order valence-electron chi connectivity index (χ0n) is 10.8. The Hall–Kier alpha value is -1.52. The average Bonchev–Trinajstić information content (AvgIpc) is 2.99. The molecule has 1 aliphatic carbocycles. The lowest BCUT2D eigenvalue weighted by atomic mass is 9.99. The predicted octanol–water partition coefficient (Wildman–Crippen LogP) is 2.31. The summed E-state index contributed by atoms with van der Waals surface area (Å²) >= 11 is 0. The van der Waals surface area contributed by atoms with Gasteiger partial charge in [-0.2, -0.15) is 0 Å². The van der Waals surface area contributed by atoms with Gasteiger partial charge in [-0.15, -0.1) is 0 Å². The van der Waals surface area contributed by atoms with Crippen LogP contribution in [-0.2, 0) is 0 Å². The van der Waals surface area contributed by atoms with Crippen molar-refractivity contribution in [2.45, 2.75) is 37.7 Å². The van der Waals surface area contributed by atoms with Crippen LogP contribution < -0.4 is 0 Å². The maximum atomic E-state index is 9.98. The van der Waals surface area contributed by atoms with Gasteiger partial charge in [0.15, 0.2) is 0 Å². The molecule has 0 radical (unpaired) electrons. The summed E-state index contributed by atoms with van der Waals surface area (Å²) in [6.07, 6.45) is 3.66. The molecular weight excluding hydrogens is 240 g/mol. The Balaban J connectivity index is 2.15. The fraction of sp³-hybridized carbons (Fsp3) is 0.467. The Morgan fingerprint density at radius 1 is 1.11 bits per heavy atom. The van der Waals surface area contributed by atoms with Gasteiger partial charge in [-0.3, -0.25) is 0 Å². The SMILES string of the molecule is OCC(O)c1nc2ccccc2nc1C1CCCC1. The van der Waals surface area contributed by atoms with Gasteiger partial charge in [0.2, 0.25) is 0 Å². The molecule has 1 fully saturated rings. The van der Waals surface area contributed by atoms with Crippen molar-refractivity contribution in [1.82, 2.24) is 9.97 Å². The third-order valence-corrected chi connectivity index (χ3v) is 3.86. The minimum atomic E-state index is -0.937. The number of fused-ring (bicyclic) bond motifs is 1. The molecule has 3 rings (SSSR count). The van der Waals surface area contributed by atoms with Gasteiger partial charge in [-0.25, -0.2) is 9.97 Å². The van der Waals surface area contributed by atoms with Crippen LogP contribution in [0.3, 0.4) is 0 Å². The zero-order valence-corrected chi connectivity index (χ0v) is 10.8. The van der Waals surface area contributed by atoms with Gasteiger partial charge in [0.05, 0.1) is 29.0 Å². The van der Waals surface area contributed by atoms with Crippen molar-refractivity contribution >= 4 is 11.0 Å². The minimum absolute atomic E-state index is 0.313. The highest BCUT2D eigenvalue weighted by Gasteiger charge is 2.25. The second-order valence-electron chi connectivity index (χ2n) is 5.16. The van der Waals surface area contributed by atoms with Crippen molar-refractivity contribution in [2.24, 2.45) is 0 Å². The molecule has 4 nitrogen and oxygen atoms in total. The zero-order chi connectivity index (χ0) is 13.2. The molecule has 1 aromatic carbocycles. The number of nitrogens with zero attached hydrogens (tertiary/aromatic N) is 2. The van der Waals surface area contributed by atoms with Crippen LogP contribution in [0.1, 0.15) is 49.1 Å². The summed E-state index contributed by atoms with van der Waals surface area (Å²) in [5.74, 6) is 0.369. The predicted molar refractivity (Wildman–Crippen MR) is 72.8 cm³/mol. The number of aromatic nitrogens is 2. The van der Waals surface area contributed by atoms with Crippen molar-refractivity contribution in [2.75, 3.05) is 6.61 Å². The molecule has 1 atom stereocenters. The van der Waals surface area contributed by atoms with Gasteiger partial charge in [0.1, 0.15) is 6.10 Å². The van der Waals surface area contributed by atoms with Crippen LogP contribution in [0.5, 0.6) is 0 Å². The summed E-state index contributed by atoms with van der Waals surface area (Å²) in [5, 5.41) is 19.2. The van der Waals surface area contributed by atoms with E-state index in [2.05, 4.69) is 4.98 Å². The van der Waals surface area contributed by atoms with Gasteiger partial charge in [0.25, 0.3) is 0 Å². The molecule has 1 heterocycles. The normalized spacial score (nSPS) is 18.0. The molecule has 2 aromatic rings. The summed E-state index contributed by atoms with van der Waals surface area (Å²) in [6, 6.07) is 7.67. The quantitative estimate of drug-likeness (QED) is 0.886. The van der Waals surface area contributed by atoms with E-state index in [1.54, 1.807) is 0 Å². The lowest BCUT2D eigenvalue weighted by Gasteiger charge is -2.17. The molecule has 0 bridgehead atoms. The van der Waals surface area contributed by atoms with Crippen molar-refractivity contribution in [3.8, 4) is 0 Å². The third-order valence-electron chi connectivity index (χ3n) is 3.86. The van der Waals surface area contributed by atoms with E-state index in [4.69, 9.17) is 4.98 Å². The topological polar surface area (TPSA) is 66.2 Å². The maximum Gasteiger partial charge on any atom is 0.121 e. The monoisotopic (exact) mass is 258 g/mol. The molecule has 1 aliphatic rings. The first kappa shape index (κ1) is 12.5. The van der Waals surface area contributed by atoms with E-state index in [1.165, 1.54) is 12.8 Å². The second-order valence-corrected chi connectivity index (χ2v) is 5.16. The molecule has 0 aliphatic heterocycles. The Bertz CT molecular complexity index is 579. The van der Waals surface area contributed by atoms with E-state index >= 15 is 0 Å². The van der Waals surface area contributed by atoms with Crippen molar-refractivity contribution < 1.29 is 10.2 Å². The fourth-order valence-electron chi connectivity index (χ4n) is 2.86. The smallest absolute Gasteiger partial charge is 0.121 e. The number of aliphatic hydroxyl groups is 2. The number of aliphatic hydroxyl groups excluding tert-OH is 2. The summed E-state index contributed by atoms with van der Waals surface area (Å²) in [7, 11) is 0. The van der Waals surface area contributed by atoms with Crippen LogP contribution in [0, 0.1) is 0 Å². The van der Waals surface area contributed by atoms with Crippen molar-refractivity contribution in [1.29, 1.82) is 0 Å². The molecule has 0 amide bonds. The van der Waals surface area contributed by atoms with E-state index in [0.29, 0.717) is 11.6 Å². The van der Waals surface area contributed by atoms with Gasteiger partial charge < -0.3 is 10.2 Å². The van der Waals surface area contributed by atoms with Gasteiger partial charge in [-0.05, 0) is 25.0 Å². The summed E-state index contributed by atoms with van der Waals surface area (Å²) in [5.41, 5.74) is 3.05. The molecule has 100 valence electrons. The molecule has 1 aromatic heterocycles. The third kappa shape index (κ3) is 2.33. The molecule has 1 saturated carbocycles. The lowest BCUT2D eigenvalue weighted by Crippen LogP contribution is -2.13. The number of para-hydroxylation sites is 2. The first-order chi connectivity index (χ1) is 9.29. The summed E-state index contributed by atoms with van der Waals surface area (Å²) < 4.78 is 0. The summed E-state index contributed by atoms with van der Waals surface area (Å²) in [6.45, 7) is -0.313. The first-order valence-corrected chi connectivity index (χ1v) is 6.85. The standard InChI is InChI=1S/C15H18N2O2/c18-9-13(19)15-14(10-5-1-2-6-10)16-11-7-3-4-8-12(11)17-15/h3-4,7-8,10,13,18-19H,1-2,5-6,9H2. The van der Waals surface area contributed by atoms with Crippen LogP contribution in [-0.4, -0.2) is 26.8 Å². The number of rotatable bonds is 3. The number of hydrogen-bond donors (Lipinski definition) is 2.